The number of amides is 1. The summed E-state index contributed by atoms with van der Waals surface area (Å²) in [5.41, 5.74) is 2.01. The van der Waals surface area contributed by atoms with Crippen LogP contribution in [0.15, 0.2) is 48.5 Å². The number of benzene rings is 2. The van der Waals surface area contributed by atoms with Crippen LogP contribution in [0.2, 0.25) is 0 Å². The van der Waals surface area contributed by atoms with Crippen molar-refractivity contribution in [3.8, 4) is 11.5 Å². The standard InChI is InChI=1S/C20H24N2O2/c1-15-2-7-18(8-3-15)24-19-9-5-17(6-10-19)22-20(23)11-4-16-12-13-21-14-16/h2-3,5-10,16,21H,4,11-14H2,1H3,(H,22,23). The van der Waals surface area contributed by atoms with E-state index in [-0.39, 0.29) is 5.91 Å². The minimum absolute atomic E-state index is 0.0779. The lowest BCUT2D eigenvalue weighted by molar-refractivity contribution is -0.116. The summed E-state index contributed by atoms with van der Waals surface area (Å²) in [6, 6.07) is 15.4. The topological polar surface area (TPSA) is 50.4 Å². The molecule has 24 heavy (non-hydrogen) atoms. The third-order valence-electron chi connectivity index (χ3n) is 4.34. The monoisotopic (exact) mass is 324 g/mol. The van der Waals surface area contributed by atoms with E-state index in [1.54, 1.807) is 0 Å². The molecule has 1 amide bonds. The highest BCUT2D eigenvalue weighted by atomic mass is 16.5. The largest absolute Gasteiger partial charge is 0.457 e. The van der Waals surface area contributed by atoms with Crippen molar-refractivity contribution in [1.29, 1.82) is 0 Å². The van der Waals surface area contributed by atoms with E-state index in [0.29, 0.717) is 12.3 Å². The summed E-state index contributed by atoms with van der Waals surface area (Å²) < 4.78 is 5.79. The van der Waals surface area contributed by atoms with E-state index >= 15 is 0 Å². The second-order valence-corrected chi connectivity index (χ2v) is 6.39. The smallest absolute Gasteiger partial charge is 0.224 e. The van der Waals surface area contributed by atoms with Crippen molar-refractivity contribution in [2.24, 2.45) is 5.92 Å². The highest BCUT2D eigenvalue weighted by molar-refractivity contribution is 5.90. The molecule has 1 aliphatic rings. The summed E-state index contributed by atoms with van der Waals surface area (Å²) in [5, 5.41) is 6.28. The Morgan fingerprint density at radius 1 is 1.12 bits per heavy atom. The fraction of sp³-hybridized carbons (Fsp3) is 0.350. The number of hydrogen-bond acceptors (Lipinski definition) is 3. The van der Waals surface area contributed by atoms with Crippen molar-refractivity contribution in [2.75, 3.05) is 18.4 Å². The van der Waals surface area contributed by atoms with Crippen LogP contribution in [0.25, 0.3) is 0 Å². The lowest BCUT2D eigenvalue weighted by Gasteiger charge is -2.10. The first-order valence-corrected chi connectivity index (χ1v) is 8.54. The summed E-state index contributed by atoms with van der Waals surface area (Å²) in [5.74, 6) is 2.28. The normalized spacial score (nSPS) is 16.8. The van der Waals surface area contributed by atoms with E-state index < -0.39 is 0 Å². The molecule has 1 saturated heterocycles. The van der Waals surface area contributed by atoms with Crippen LogP contribution >= 0.6 is 0 Å². The molecule has 126 valence electrons. The van der Waals surface area contributed by atoms with Gasteiger partial charge in [-0.25, -0.2) is 0 Å². The molecule has 4 heteroatoms. The Balaban J connectivity index is 1.48. The molecule has 2 aromatic rings. The number of aryl methyl sites for hydroxylation is 1. The van der Waals surface area contributed by atoms with Crippen molar-refractivity contribution >= 4 is 11.6 Å². The number of carbonyl (C=O) groups is 1. The quantitative estimate of drug-likeness (QED) is 0.840. The average Bonchev–Trinajstić information content (AvgIpc) is 3.10. The maximum absolute atomic E-state index is 12.0. The second-order valence-electron chi connectivity index (χ2n) is 6.39. The first-order valence-electron chi connectivity index (χ1n) is 8.54. The molecular weight excluding hydrogens is 300 g/mol. The van der Waals surface area contributed by atoms with Crippen LogP contribution in [-0.4, -0.2) is 19.0 Å². The fourth-order valence-electron chi connectivity index (χ4n) is 2.87. The number of carbonyl (C=O) groups excluding carboxylic acids is 1. The predicted octanol–water partition coefficient (Wildman–Crippen LogP) is 4.12. The second kappa shape index (κ2) is 7.97. The van der Waals surface area contributed by atoms with Gasteiger partial charge in [0.05, 0.1) is 0 Å². The Morgan fingerprint density at radius 2 is 1.79 bits per heavy atom. The Labute approximate surface area is 143 Å². The Kier molecular flexibility index (Phi) is 5.49. The van der Waals surface area contributed by atoms with Crippen molar-refractivity contribution in [1.82, 2.24) is 5.32 Å². The van der Waals surface area contributed by atoms with Crippen LogP contribution in [0.3, 0.4) is 0 Å². The van der Waals surface area contributed by atoms with Gasteiger partial charge in [0.2, 0.25) is 5.91 Å². The van der Waals surface area contributed by atoms with Gasteiger partial charge in [-0.3, -0.25) is 4.79 Å². The molecule has 0 aromatic heterocycles. The lowest BCUT2D eigenvalue weighted by atomic mass is 10.0. The van der Waals surface area contributed by atoms with Gasteiger partial charge in [0.25, 0.3) is 0 Å². The van der Waals surface area contributed by atoms with E-state index in [0.717, 1.165) is 36.7 Å². The van der Waals surface area contributed by atoms with Crippen LogP contribution < -0.4 is 15.4 Å². The molecule has 0 aliphatic carbocycles. The molecule has 2 N–H and O–H groups in total. The van der Waals surface area contributed by atoms with Gasteiger partial charge in [-0.05, 0) is 75.2 Å². The molecule has 0 saturated carbocycles. The number of nitrogens with one attached hydrogen (secondary N) is 2. The van der Waals surface area contributed by atoms with E-state index in [9.17, 15) is 4.79 Å². The molecule has 1 aliphatic heterocycles. The number of hydrogen-bond donors (Lipinski definition) is 2. The average molecular weight is 324 g/mol. The lowest BCUT2D eigenvalue weighted by Crippen LogP contribution is -2.14. The maximum atomic E-state index is 12.0. The van der Waals surface area contributed by atoms with Crippen molar-refractivity contribution in [3.05, 3.63) is 54.1 Å². The van der Waals surface area contributed by atoms with Crippen LogP contribution in [0.4, 0.5) is 5.69 Å². The molecule has 1 unspecified atom stereocenters. The van der Waals surface area contributed by atoms with Crippen LogP contribution in [-0.2, 0) is 4.79 Å². The molecular formula is C20H24N2O2. The van der Waals surface area contributed by atoms with E-state index in [1.807, 2.05) is 55.5 Å². The highest BCUT2D eigenvalue weighted by Gasteiger charge is 2.15. The summed E-state index contributed by atoms with van der Waals surface area (Å²) in [4.78, 5) is 12.0. The maximum Gasteiger partial charge on any atom is 0.224 e. The number of ether oxygens (including phenoxy) is 1. The zero-order valence-electron chi connectivity index (χ0n) is 14.0. The van der Waals surface area contributed by atoms with Crippen molar-refractivity contribution < 1.29 is 9.53 Å². The molecule has 0 bridgehead atoms. The van der Waals surface area contributed by atoms with Crippen LogP contribution in [0, 0.1) is 12.8 Å². The van der Waals surface area contributed by atoms with E-state index in [1.165, 1.54) is 12.0 Å². The van der Waals surface area contributed by atoms with Crippen LogP contribution in [0.5, 0.6) is 11.5 Å². The molecule has 1 atom stereocenters. The zero-order valence-corrected chi connectivity index (χ0v) is 14.0. The molecule has 3 rings (SSSR count). The molecule has 0 spiro atoms. The third-order valence-corrected chi connectivity index (χ3v) is 4.34. The predicted molar refractivity (Wildman–Crippen MR) is 96.5 cm³/mol. The van der Waals surface area contributed by atoms with Gasteiger partial charge in [0.15, 0.2) is 0 Å². The van der Waals surface area contributed by atoms with E-state index in [2.05, 4.69) is 10.6 Å². The van der Waals surface area contributed by atoms with Crippen molar-refractivity contribution in [3.63, 3.8) is 0 Å². The Hall–Kier alpha value is -2.33. The number of anilines is 1. The van der Waals surface area contributed by atoms with Crippen LogP contribution in [0.1, 0.15) is 24.8 Å². The SMILES string of the molecule is Cc1ccc(Oc2ccc(NC(=O)CCC3CCNC3)cc2)cc1. The Morgan fingerprint density at radius 3 is 2.42 bits per heavy atom. The van der Waals surface area contributed by atoms with Crippen molar-refractivity contribution in [2.45, 2.75) is 26.2 Å². The summed E-state index contributed by atoms with van der Waals surface area (Å²) in [6.45, 7) is 4.16. The number of rotatable bonds is 6. The minimum atomic E-state index is 0.0779. The first-order chi connectivity index (χ1) is 11.7. The summed E-state index contributed by atoms with van der Waals surface area (Å²) in [6.07, 6.45) is 2.71. The first kappa shape index (κ1) is 16.5. The van der Waals surface area contributed by atoms with Gasteiger partial charge in [-0.2, -0.15) is 0 Å². The Bertz CT molecular complexity index is 659. The van der Waals surface area contributed by atoms with Gasteiger partial charge in [-0.15, -0.1) is 0 Å². The third kappa shape index (κ3) is 4.83. The van der Waals surface area contributed by atoms with Gasteiger partial charge < -0.3 is 15.4 Å². The molecule has 4 nitrogen and oxygen atoms in total. The van der Waals surface area contributed by atoms with Gasteiger partial charge in [0.1, 0.15) is 11.5 Å². The summed E-state index contributed by atoms with van der Waals surface area (Å²) >= 11 is 0. The molecule has 2 aromatic carbocycles. The molecule has 0 radical (unpaired) electrons. The van der Waals surface area contributed by atoms with Gasteiger partial charge in [-0.1, -0.05) is 17.7 Å². The van der Waals surface area contributed by atoms with Gasteiger partial charge >= 0.3 is 0 Å². The van der Waals surface area contributed by atoms with Gasteiger partial charge in [0, 0.05) is 12.1 Å². The molecule has 1 fully saturated rings. The fourth-order valence-corrected chi connectivity index (χ4v) is 2.87. The summed E-state index contributed by atoms with van der Waals surface area (Å²) in [7, 11) is 0. The minimum Gasteiger partial charge on any atom is -0.457 e. The zero-order chi connectivity index (χ0) is 16.8. The molecule has 1 heterocycles. The van der Waals surface area contributed by atoms with E-state index in [4.69, 9.17) is 4.74 Å². The highest BCUT2D eigenvalue weighted by Crippen LogP contribution is 2.23.